The molecule has 1 aromatic rings. The molecule has 2 aliphatic rings. The van der Waals surface area contributed by atoms with Gasteiger partial charge in [-0.2, -0.15) is 5.10 Å². The summed E-state index contributed by atoms with van der Waals surface area (Å²) in [5.41, 5.74) is 1.12. The van der Waals surface area contributed by atoms with Gasteiger partial charge >= 0.3 is 5.97 Å². The first-order valence-corrected chi connectivity index (χ1v) is 7.18. The highest BCUT2D eigenvalue weighted by Gasteiger charge is 2.30. The smallest absolute Gasteiger partial charge is 0.339 e. The van der Waals surface area contributed by atoms with E-state index in [9.17, 15) is 4.79 Å². The molecule has 1 N–H and O–H groups in total. The Labute approximate surface area is 113 Å². The lowest BCUT2D eigenvalue weighted by atomic mass is 9.89. The number of aromatic nitrogens is 2. The predicted molar refractivity (Wildman–Crippen MR) is 71.4 cm³/mol. The van der Waals surface area contributed by atoms with Gasteiger partial charge in [0.2, 0.25) is 0 Å². The lowest BCUT2D eigenvalue weighted by molar-refractivity contribution is 0.0695. The lowest BCUT2D eigenvalue weighted by Gasteiger charge is -2.41. The van der Waals surface area contributed by atoms with Gasteiger partial charge in [-0.05, 0) is 32.6 Å². The molecule has 0 bridgehead atoms. The number of carbonyl (C=O) groups is 1. The van der Waals surface area contributed by atoms with E-state index in [0.29, 0.717) is 11.6 Å². The molecule has 1 saturated heterocycles. The molecule has 2 fully saturated rings. The summed E-state index contributed by atoms with van der Waals surface area (Å²) >= 11 is 0. The molecule has 2 heterocycles. The number of hydrogen-bond donors (Lipinski definition) is 1. The Bertz CT molecular complexity index is 471. The number of carboxylic acids is 1. The van der Waals surface area contributed by atoms with E-state index in [0.717, 1.165) is 37.7 Å². The van der Waals surface area contributed by atoms with Crippen molar-refractivity contribution in [2.24, 2.45) is 0 Å². The van der Waals surface area contributed by atoms with Crippen LogP contribution in [0, 0.1) is 6.92 Å². The monoisotopic (exact) mass is 263 g/mol. The molecule has 1 aliphatic carbocycles. The summed E-state index contributed by atoms with van der Waals surface area (Å²) < 4.78 is 1.92. The third-order valence-corrected chi connectivity index (χ3v) is 4.71. The highest BCUT2D eigenvalue weighted by atomic mass is 16.4. The van der Waals surface area contributed by atoms with Crippen LogP contribution in [-0.2, 0) is 0 Å². The summed E-state index contributed by atoms with van der Waals surface area (Å²) in [7, 11) is 0. The van der Waals surface area contributed by atoms with Crippen molar-refractivity contribution in [2.45, 2.75) is 51.1 Å². The molecule has 0 amide bonds. The third-order valence-electron chi connectivity index (χ3n) is 4.71. The molecule has 0 radical (unpaired) electrons. The van der Waals surface area contributed by atoms with Crippen LogP contribution in [0.25, 0.3) is 0 Å². The summed E-state index contributed by atoms with van der Waals surface area (Å²) in [5.74, 6) is -0.879. The Kier molecular flexibility index (Phi) is 3.31. The van der Waals surface area contributed by atoms with Crippen molar-refractivity contribution >= 4 is 5.97 Å². The number of nitrogens with zero attached hydrogens (tertiary/aromatic N) is 3. The van der Waals surface area contributed by atoms with Crippen molar-refractivity contribution in [3.63, 3.8) is 0 Å². The zero-order valence-electron chi connectivity index (χ0n) is 11.4. The van der Waals surface area contributed by atoms with Gasteiger partial charge in [0, 0.05) is 19.1 Å². The second-order valence-corrected chi connectivity index (χ2v) is 5.75. The minimum atomic E-state index is -0.879. The Balaban J connectivity index is 1.66. The molecule has 5 heteroatoms. The number of piperidine rings is 1. The number of rotatable bonds is 3. The second kappa shape index (κ2) is 4.96. The molecule has 5 nitrogen and oxygen atoms in total. The van der Waals surface area contributed by atoms with Crippen molar-refractivity contribution < 1.29 is 9.90 Å². The van der Waals surface area contributed by atoms with Crippen LogP contribution in [0.5, 0.6) is 0 Å². The molecule has 3 rings (SSSR count). The molecular weight excluding hydrogens is 242 g/mol. The van der Waals surface area contributed by atoms with E-state index in [1.165, 1.54) is 25.5 Å². The van der Waals surface area contributed by atoms with E-state index in [4.69, 9.17) is 5.11 Å². The van der Waals surface area contributed by atoms with Crippen molar-refractivity contribution in [2.75, 3.05) is 13.1 Å². The predicted octanol–water partition coefficient (Wildman–Crippen LogP) is 2.08. The fraction of sp³-hybridized carbons (Fsp3) is 0.714. The van der Waals surface area contributed by atoms with Crippen LogP contribution in [0.1, 0.15) is 54.2 Å². The largest absolute Gasteiger partial charge is 0.478 e. The summed E-state index contributed by atoms with van der Waals surface area (Å²) in [5, 5.41) is 13.4. The fourth-order valence-electron chi connectivity index (χ4n) is 3.25. The molecule has 19 heavy (non-hydrogen) atoms. The normalized spacial score (nSPS) is 22.4. The van der Waals surface area contributed by atoms with Crippen LogP contribution in [0.4, 0.5) is 0 Å². The number of aromatic carboxylic acids is 1. The van der Waals surface area contributed by atoms with E-state index >= 15 is 0 Å². The Morgan fingerprint density at radius 1 is 1.26 bits per heavy atom. The van der Waals surface area contributed by atoms with Gasteiger partial charge in [0.05, 0.1) is 17.9 Å². The summed E-state index contributed by atoms with van der Waals surface area (Å²) in [6.45, 7) is 4.10. The standard InChI is InChI=1S/C14H21N3O2/c1-10-13(14(18)19)9-15-17(10)12-5-7-16(8-6-12)11-3-2-4-11/h9,11-12H,2-8H2,1H3,(H,18,19). The average molecular weight is 263 g/mol. The summed E-state index contributed by atoms with van der Waals surface area (Å²) in [6, 6.07) is 1.18. The van der Waals surface area contributed by atoms with Crippen LogP contribution < -0.4 is 0 Å². The molecule has 0 aromatic carbocycles. The van der Waals surface area contributed by atoms with E-state index in [-0.39, 0.29) is 0 Å². The number of carboxylic acid groups (broad SMARTS) is 1. The quantitative estimate of drug-likeness (QED) is 0.907. The van der Waals surface area contributed by atoms with Crippen LogP contribution in [0.3, 0.4) is 0 Å². The van der Waals surface area contributed by atoms with Gasteiger partial charge in [-0.1, -0.05) is 6.42 Å². The van der Waals surface area contributed by atoms with E-state index in [2.05, 4.69) is 10.00 Å². The van der Waals surface area contributed by atoms with Gasteiger partial charge in [0.1, 0.15) is 5.56 Å². The zero-order valence-corrected chi connectivity index (χ0v) is 11.4. The van der Waals surface area contributed by atoms with E-state index in [1.807, 2.05) is 11.6 Å². The Hall–Kier alpha value is -1.36. The topological polar surface area (TPSA) is 58.4 Å². The van der Waals surface area contributed by atoms with Gasteiger partial charge < -0.3 is 10.0 Å². The van der Waals surface area contributed by atoms with Crippen LogP contribution in [-0.4, -0.2) is 44.9 Å². The maximum atomic E-state index is 11.0. The lowest BCUT2D eigenvalue weighted by Crippen LogP contribution is -2.45. The minimum absolute atomic E-state index is 0.335. The van der Waals surface area contributed by atoms with Crippen LogP contribution in [0.2, 0.25) is 0 Å². The van der Waals surface area contributed by atoms with Gasteiger partial charge in [-0.15, -0.1) is 0 Å². The average Bonchev–Trinajstić information content (AvgIpc) is 2.70. The Morgan fingerprint density at radius 2 is 1.95 bits per heavy atom. The van der Waals surface area contributed by atoms with E-state index < -0.39 is 5.97 Å². The van der Waals surface area contributed by atoms with Gasteiger partial charge in [-0.3, -0.25) is 4.68 Å². The molecule has 1 aliphatic heterocycles. The zero-order chi connectivity index (χ0) is 13.4. The SMILES string of the molecule is Cc1c(C(=O)O)cnn1C1CCN(C2CCC2)CC1. The first-order valence-electron chi connectivity index (χ1n) is 7.18. The van der Waals surface area contributed by atoms with Crippen molar-refractivity contribution in [3.8, 4) is 0 Å². The summed E-state index contributed by atoms with van der Waals surface area (Å²) in [4.78, 5) is 13.6. The molecule has 0 unspecified atom stereocenters. The Morgan fingerprint density at radius 3 is 2.42 bits per heavy atom. The molecule has 0 spiro atoms. The van der Waals surface area contributed by atoms with Crippen molar-refractivity contribution in [3.05, 3.63) is 17.5 Å². The van der Waals surface area contributed by atoms with Gasteiger partial charge in [0.15, 0.2) is 0 Å². The minimum Gasteiger partial charge on any atom is -0.478 e. The van der Waals surface area contributed by atoms with Crippen molar-refractivity contribution in [1.82, 2.24) is 14.7 Å². The first-order chi connectivity index (χ1) is 9.16. The van der Waals surface area contributed by atoms with Crippen molar-refractivity contribution in [1.29, 1.82) is 0 Å². The molecule has 104 valence electrons. The van der Waals surface area contributed by atoms with Crippen LogP contribution >= 0.6 is 0 Å². The van der Waals surface area contributed by atoms with Crippen LogP contribution in [0.15, 0.2) is 6.20 Å². The highest BCUT2D eigenvalue weighted by Crippen LogP contribution is 2.31. The molecule has 0 atom stereocenters. The highest BCUT2D eigenvalue weighted by molar-refractivity contribution is 5.88. The maximum Gasteiger partial charge on any atom is 0.339 e. The molecule has 1 aromatic heterocycles. The third kappa shape index (κ3) is 2.27. The number of likely N-dealkylation sites (tertiary alicyclic amines) is 1. The molecule has 1 saturated carbocycles. The second-order valence-electron chi connectivity index (χ2n) is 5.75. The maximum absolute atomic E-state index is 11.0. The fourth-order valence-corrected chi connectivity index (χ4v) is 3.25. The summed E-state index contributed by atoms with van der Waals surface area (Å²) in [6.07, 6.45) is 7.74. The van der Waals surface area contributed by atoms with E-state index in [1.54, 1.807) is 0 Å². The first kappa shape index (κ1) is 12.7. The molecular formula is C14H21N3O2. The van der Waals surface area contributed by atoms with Gasteiger partial charge in [0.25, 0.3) is 0 Å². The number of hydrogen-bond acceptors (Lipinski definition) is 3. The van der Waals surface area contributed by atoms with Gasteiger partial charge in [-0.25, -0.2) is 4.79 Å².